The molecular weight excluding hydrogens is 1190 g/mol. The van der Waals surface area contributed by atoms with Crippen LogP contribution in [-0.2, 0) is 42.9 Å². The molecule has 5 aliphatic heterocycles. The highest BCUT2D eigenvalue weighted by molar-refractivity contribution is 8.76. The van der Waals surface area contributed by atoms with Gasteiger partial charge >= 0.3 is 12.1 Å². The van der Waals surface area contributed by atoms with Crippen molar-refractivity contribution >= 4 is 84.9 Å². The van der Waals surface area contributed by atoms with E-state index in [0.717, 1.165) is 40.7 Å². The number of nitrogens with one attached hydrogen (secondary N) is 6. The Morgan fingerprint density at radius 1 is 0.944 bits per heavy atom. The van der Waals surface area contributed by atoms with Gasteiger partial charge in [0.05, 0.1) is 44.3 Å². The summed E-state index contributed by atoms with van der Waals surface area (Å²) < 4.78 is 18.0. The van der Waals surface area contributed by atoms with E-state index in [1.54, 1.807) is 38.4 Å². The lowest BCUT2D eigenvalue weighted by Crippen LogP contribution is -2.82. The van der Waals surface area contributed by atoms with Crippen LogP contribution >= 0.6 is 21.6 Å². The maximum Gasteiger partial charge on any atom is 0.426 e. The van der Waals surface area contributed by atoms with Gasteiger partial charge in [0.25, 0.3) is 17.4 Å². The summed E-state index contributed by atoms with van der Waals surface area (Å²) in [7, 11) is 7.71. The van der Waals surface area contributed by atoms with E-state index >= 15 is 9.59 Å². The fraction of sp³-hybridized carbons (Fsp3) is 0.500. The zero-order valence-electron chi connectivity index (χ0n) is 51.4. The molecule has 6 aliphatic rings. The number of ether oxygens (including phenoxy) is 3. The number of para-hydroxylation sites is 1. The molecule has 12 rings (SSSR count). The predicted octanol–water partition coefficient (Wildman–Crippen LogP) is 4.82. The summed E-state index contributed by atoms with van der Waals surface area (Å²) in [6, 6.07) is 17.2. The molecule has 2 saturated heterocycles. The minimum Gasteiger partial charge on any atom is -0.496 e. The number of aliphatic hydroxyl groups is 3. The number of fused-ring (bicyclic) bond motifs is 8. The van der Waals surface area contributed by atoms with Crippen LogP contribution in [0.5, 0.6) is 5.75 Å². The van der Waals surface area contributed by atoms with Crippen molar-refractivity contribution in [2.45, 2.75) is 119 Å². The quantitative estimate of drug-likeness (QED) is 0.0192. The smallest absolute Gasteiger partial charge is 0.426 e. The number of methoxy groups -OCH3 is 2. The van der Waals surface area contributed by atoms with Crippen LogP contribution in [0.2, 0.25) is 0 Å². The Bertz CT molecular complexity index is 3850. The third kappa shape index (κ3) is 10.6. The highest BCUT2D eigenvalue weighted by Crippen LogP contribution is 2.68. The zero-order chi connectivity index (χ0) is 63.5. The second kappa shape index (κ2) is 24.6. The summed E-state index contributed by atoms with van der Waals surface area (Å²) in [5.74, 6) is -0.636. The predicted molar refractivity (Wildman–Crippen MR) is 344 cm³/mol. The van der Waals surface area contributed by atoms with Crippen molar-refractivity contribution in [1.82, 2.24) is 50.9 Å². The number of amides is 3. The van der Waals surface area contributed by atoms with E-state index in [-0.39, 0.29) is 54.6 Å². The Kier molecular flexibility index (Phi) is 17.2. The van der Waals surface area contributed by atoms with Crippen molar-refractivity contribution in [3.05, 3.63) is 123 Å². The van der Waals surface area contributed by atoms with Crippen LogP contribution in [0.25, 0.3) is 22.1 Å². The molecule has 6 aromatic rings. The van der Waals surface area contributed by atoms with Gasteiger partial charge in [-0.05, 0) is 118 Å². The van der Waals surface area contributed by atoms with E-state index in [1.165, 1.54) is 34.9 Å². The standard InChI is InChI=1S/C64H79N13O11S2/c1-7-60(84)30-37-18-23-76(35-60)24-19-42-41-12-9-10-13-45(41)70-49(42)63(31-37,57(82)87-6)44-28-43-46(29-47(44)86-5)75(4)54-62(43)21-25-77-22-11-20-61(8-2,53(62)77)55(80)64(54,85)56(81)73-74-59(83)88-26-27-89-90-34-36(3)68-51(78)38-14-16-39(17-15-38)66-32-40-33-67-50-48(69-40)52(79)72-58(65)71-50/h9-17,20,28-29,33,36-37,53-55,66,70,80,84-85H,7-8,18-19,21-27,30-32,34-35H2,1-6H3,(H,68,78)(H,73,81)(H,74,83)(H3,65,67,71,72,79)/t36-,37?,53+,54-,55-,60+,61-,62-,63+,64+/m1/s1. The highest BCUT2D eigenvalue weighted by Gasteiger charge is 2.79. The Labute approximate surface area is 528 Å². The van der Waals surface area contributed by atoms with Crippen LogP contribution in [0.15, 0.2) is 83.8 Å². The van der Waals surface area contributed by atoms with Gasteiger partial charge in [-0.1, -0.05) is 65.8 Å². The first-order chi connectivity index (χ1) is 43.3. The summed E-state index contributed by atoms with van der Waals surface area (Å²) >= 11 is 0. The van der Waals surface area contributed by atoms with Gasteiger partial charge in [0.1, 0.15) is 23.9 Å². The molecular formula is C64H79N13O11S2. The number of nitrogens with zero attached hydrogens (tertiary/aromatic N) is 6. The molecule has 478 valence electrons. The molecule has 8 heterocycles. The highest BCUT2D eigenvalue weighted by atomic mass is 33.1. The molecule has 2 bridgehead atoms. The van der Waals surface area contributed by atoms with Gasteiger partial charge in [0, 0.05) is 106 Å². The molecule has 3 aromatic carbocycles. The summed E-state index contributed by atoms with van der Waals surface area (Å²) in [5.41, 5.74) is 9.13. The molecule has 11 N–H and O–H groups in total. The third-order valence-electron chi connectivity index (χ3n) is 20.1. The zero-order valence-corrected chi connectivity index (χ0v) is 53.0. The van der Waals surface area contributed by atoms with Crippen LogP contribution in [0.1, 0.15) is 97.7 Å². The number of nitrogen functional groups attached to an aromatic ring is 1. The number of hydrogen-bond acceptors (Lipinski definition) is 21. The number of benzene rings is 3. The number of carbonyl (C=O) groups is 4. The van der Waals surface area contributed by atoms with Crippen molar-refractivity contribution in [3.8, 4) is 5.75 Å². The first kappa shape index (κ1) is 62.7. The Hall–Kier alpha value is -7.46. The lowest BCUT2D eigenvalue weighted by atomic mass is 9.47. The molecule has 2 unspecified atom stereocenters. The van der Waals surface area contributed by atoms with E-state index in [9.17, 15) is 29.7 Å². The average molecular weight is 1270 g/mol. The summed E-state index contributed by atoms with van der Waals surface area (Å²) in [5, 5.41) is 46.1. The van der Waals surface area contributed by atoms with Crippen molar-refractivity contribution in [2.24, 2.45) is 11.3 Å². The SMILES string of the molecule is CC[C@]1(O)CC2CCN(CCc3c([nH]c4ccccc34)[C@@](C(=O)OC)(c3cc4c(cc3OC)N(C)[C@H]3[C@@](O)(C(=O)NNC(=O)OCCSSC[C@@H](C)NC(=O)c5ccc(NCc6cnc7nc(N)[nH]c(=O)c7n6)cc5)[C@H](O)[C@]5(CC)C=CCN6CC[C@]43[C@@H]65)C2)C1. The number of hydrogen-bond donors (Lipinski definition) is 10. The second-order valence-corrected chi connectivity index (χ2v) is 27.7. The fourth-order valence-electron chi connectivity index (χ4n) is 16.1. The van der Waals surface area contributed by atoms with Gasteiger partial charge in [-0.2, -0.15) is 4.98 Å². The number of nitrogens with two attached hydrogens (primary N) is 1. The number of anilines is 3. The number of aliphatic hydroxyl groups excluding tert-OH is 1. The summed E-state index contributed by atoms with van der Waals surface area (Å²) in [4.78, 5) is 94.9. The minimum atomic E-state index is -2.57. The number of rotatable bonds is 17. The molecule has 1 aliphatic carbocycles. The molecule has 26 heteroatoms. The van der Waals surface area contributed by atoms with Gasteiger partial charge in [-0.3, -0.25) is 34.5 Å². The fourth-order valence-corrected chi connectivity index (χ4v) is 18.2. The van der Waals surface area contributed by atoms with Gasteiger partial charge < -0.3 is 60.7 Å². The molecule has 3 fully saturated rings. The van der Waals surface area contributed by atoms with Crippen LogP contribution in [0.3, 0.4) is 0 Å². The second-order valence-electron chi connectivity index (χ2n) is 25.1. The average Bonchev–Trinajstić information content (AvgIpc) is 1.45. The van der Waals surface area contributed by atoms with E-state index < -0.39 is 69.2 Å². The van der Waals surface area contributed by atoms with Crippen molar-refractivity contribution in [3.63, 3.8) is 0 Å². The summed E-state index contributed by atoms with van der Waals surface area (Å²) in [6.45, 7) is 9.16. The van der Waals surface area contributed by atoms with Crippen LogP contribution in [0, 0.1) is 11.3 Å². The Morgan fingerprint density at radius 2 is 1.74 bits per heavy atom. The number of hydrazine groups is 1. The van der Waals surface area contributed by atoms with Gasteiger partial charge in [0.2, 0.25) is 5.95 Å². The van der Waals surface area contributed by atoms with Crippen molar-refractivity contribution in [1.29, 1.82) is 0 Å². The first-order valence-corrected chi connectivity index (χ1v) is 33.3. The van der Waals surface area contributed by atoms with Gasteiger partial charge in [-0.25, -0.2) is 20.2 Å². The van der Waals surface area contributed by atoms with E-state index in [2.05, 4.69) is 68.3 Å². The largest absolute Gasteiger partial charge is 0.496 e. The van der Waals surface area contributed by atoms with E-state index in [0.29, 0.717) is 104 Å². The van der Waals surface area contributed by atoms with Crippen molar-refractivity contribution in [2.75, 3.05) is 88.1 Å². The van der Waals surface area contributed by atoms with Crippen LogP contribution < -0.4 is 42.4 Å². The monoisotopic (exact) mass is 1270 g/mol. The van der Waals surface area contributed by atoms with Crippen LogP contribution in [0.4, 0.5) is 22.1 Å². The molecule has 0 radical (unpaired) electrons. The lowest BCUT2D eigenvalue weighted by Gasteiger charge is -2.63. The van der Waals surface area contributed by atoms with Crippen LogP contribution in [-0.4, -0.2) is 181 Å². The summed E-state index contributed by atoms with van der Waals surface area (Å²) in [6.07, 6.45) is 6.24. The molecule has 24 nitrogen and oxygen atoms in total. The third-order valence-corrected chi connectivity index (χ3v) is 22.6. The normalized spacial score (nSPS) is 28.6. The Balaban J connectivity index is 0.741. The Morgan fingerprint density at radius 3 is 2.51 bits per heavy atom. The molecule has 3 amide bonds. The number of likely N-dealkylation sites (N-methyl/N-ethyl adjacent to an activating group) is 1. The first-order valence-electron chi connectivity index (χ1n) is 30.8. The maximum absolute atomic E-state index is 15.6. The molecule has 1 spiro atoms. The molecule has 90 heavy (non-hydrogen) atoms. The number of esters is 1. The number of carbonyl (C=O) groups excluding carboxylic acids is 4. The molecule has 1 saturated carbocycles. The maximum atomic E-state index is 15.6. The van der Waals surface area contributed by atoms with E-state index in [4.69, 9.17) is 19.9 Å². The number of aromatic amines is 2. The van der Waals surface area contributed by atoms with E-state index in [1.807, 2.05) is 62.1 Å². The van der Waals surface area contributed by atoms with Crippen molar-refractivity contribution < 1.29 is 48.7 Å². The van der Waals surface area contributed by atoms with Gasteiger partial charge in [0.15, 0.2) is 16.8 Å². The minimum absolute atomic E-state index is 0.0353. The number of H-pyrrole nitrogens is 2. The number of aromatic nitrogens is 5. The molecule has 3 aromatic heterocycles. The lowest BCUT2D eigenvalue weighted by molar-refractivity contribution is -0.204. The molecule has 11 atom stereocenters. The topological polar surface area (TPSA) is 328 Å². The van der Waals surface area contributed by atoms with Gasteiger partial charge in [-0.15, -0.1) is 0 Å².